The molecule has 5 unspecified atom stereocenters. The highest BCUT2D eigenvalue weighted by Crippen LogP contribution is 2.28. The largest absolute Gasteiger partial charge is 0.479 e. The fourth-order valence-corrected chi connectivity index (χ4v) is 3.89. The van der Waals surface area contributed by atoms with E-state index in [4.69, 9.17) is 9.15 Å². The van der Waals surface area contributed by atoms with Crippen LogP contribution in [-0.2, 0) is 9.53 Å². The van der Waals surface area contributed by atoms with Crippen LogP contribution >= 0.6 is 0 Å². The maximum absolute atomic E-state index is 13.3. The number of rotatable bonds is 2. The molecule has 0 bridgehead atoms. The zero-order valence-corrected chi connectivity index (χ0v) is 15.9. The Morgan fingerprint density at radius 3 is 1.94 bits per heavy atom. The third-order valence-electron chi connectivity index (χ3n) is 5.47. The fourth-order valence-electron chi connectivity index (χ4n) is 3.89. The number of aromatic nitrogens is 1. The Kier molecular flexibility index (Phi) is 4.45. The molecule has 1 saturated heterocycles. The summed E-state index contributed by atoms with van der Waals surface area (Å²) in [6.45, 7) is 0. The standard InChI is InChI=1S/C21H18N2O8/c24-13-14(25)18(20(27)28)31-19(15(13)26)22-21(29)23-11-7-3-1-5-9(11)16-17(30-16)10-6-2-4-8-12(10)23/h1-8,13-15,18-19,24-26H,(H,22,29)(H,27,28). The van der Waals surface area contributed by atoms with Gasteiger partial charge in [-0.25, -0.2) is 9.59 Å². The number of hydrogen-bond acceptors (Lipinski definition) is 7. The maximum Gasteiger partial charge on any atom is 0.335 e. The molecule has 10 heteroatoms. The second-order valence-electron chi connectivity index (χ2n) is 7.37. The first-order chi connectivity index (χ1) is 14.9. The Morgan fingerprint density at radius 1 is 0.839 bits per heavy atom. The summed E-state index contributed by atoms with van der Waals surface area (Å²) in [6, 6.07) is 13.4. The van der Waals surface area contributed by atoms with E-state index in [9.17, 15) is 30.0 Å². The molecule has 0 spiro atoms. The van der Waals surface area contributed by atoms with Gasteiger partial charge in [-0.15, -0.1) is 0 Å². The molecule has 3 aliphatic heterocycles. The molecule has 0 saturated carbocycles. The number of carboxylic acid groups (broad SMARTS) is 1. The van der Waals surface area contributed by atoms with E-state index in [0.29, 0.717) is 32.6 Å². The van der Waals surface area contributed by atoms with Gasteiger partial charge in [-0.1, -0.05) is 24.3 Å². The molecule has 3 aliphatic rings. The van der Waals surface area contributed by atoms with Gasteiger partial charge in [0.25, 0.3) is 0 Å². The van der Waals surface area contributed by atoms with Gasteiger partial charge in [0.05, 0.1) is 11.0 Å². The highest BCUT2D eigenvalue weighted by molar-refractivity contribution is 5.99. The number of ether oxygens (including phenoxy) is 1. The van der Waals surface area contributed by atoms with Crippen molar-refractivity contribution < 1.29 is 39.2 Å². The van der Waals surface area contributed by atoms with Crippen molar-refractivity contribution in [2.75, 3.05) is 0 Å². The summed E-state index contributed by atoms with van der Waals surface area (Å²) in [4.78, 5) is 24.7. The van der Waals surface area contributed by atoms with Crippen LogP contribution in [0, 0.1) is 10.8 Å². The van der Waals surface area contributed by atoms with E-state index in [2.05, 4.69) is 5.32 Å². The summed E-state index contributed by atoms with van der Waals surface area (Å²) < 4.78 is 12.2. The monoisotopic (exact) mass is 426 g/mol. The topological polar surface area (TPSA) is 154 Å². The number of aliphatic hydroxyl groups excluding tert-OH is 3. The SMILES string of the molecule is O=C(O)C1OC(NC(=O)n2c3ccccc3c3oc=3c3ccccc32)C(O)C(O)C1O. The number of nitrogens with one attached hydrogen (secondary N) is 1. The molecule has 1 amide bonds. The summed E-state index contributed by atoms with van der Waals surface area (Å²) in [7, 11) is 0. The van der Waals surface area contributed by atoms with Gasteiger partial charge in [0.2, 0.25) is 0 Å². The summed E-state index contributed by atoms with van der Waals surface area (Å²) >= 11 is 0. The van der Waals surface area contributed by atoms with Crippen LogP contribution in [0.1, 0.15) is 0 Å². The maximum atomic E-state index is 13.3. The lowest BCUT2D eigenvalue weighted by Crippen LogP contribution is -2.64. The number of aliphatic carboxylic acids is 1. The third-order valence-corrected chi connectivity index (χ3v) is 5.47. The fraction of sp³-hybridized carbons (Fsp3) is 0.238. The Hall–Kier alpha value is -3.44. The van der Waals surface area contributed by atoms with E-state index in [-0.39, 0.29) is 0 Å². The lowest BCUT2D eigenvalue weighted by molar-refractivity contribution is -0.231. The molecular weight excluding hydrogens is 408 g/mol. The molecule has 3 heterocycles. The van der Waals surface area contributed by atoms with Gasteiger partial charge in [0.15, 0.2) is 23.2 Å². The first-order valence-corrected chi connectivity index (χ1v) is 9.52. The number of amides is 1. The molecule has 10 nitrogen and oxygen atoms in total. The van der Waals surface area contributed by atoms with Crippen LogP contribution in [0.15, 0.2) is 52.9 Å². The number of hydrogen-bond donors (Lipinski definition) is 5. The summed E-state index contributed by atoms with van der Waals surface area (Å²) in [5.41, 5.74) is 2.32. The van der Waals surface area contributed by atoms with Crippen LogP contribution in [0.2, 0.25) is 0 Å². The predicted octanol–water partition coefficient (Wildman–Crippen LogP) is 0.562. The molecule has 2 aromatic rings. The van der Waals surface area contributed by atoms with Crippen molar-refractivity contribution in [2.24, 2.45) is 0 Å². The van der Waals surface area contributed by atoms with Gasteiger partial charge in [0.1, 0.15) is 18.3 Å². The van der Waals surface area contributed by atoms with Gasteiger partial charge in [-0.05, 0) is 24.3 Å². The Bertz CT molecular complexity index is 1300. The normalized spacial score (nSPS) is 26.5. The van der Waals surface area contributed by atoms with Crippen molar-refractivity contribution in [1.29, 1.82) is 0 Å². The van der Waals surface area contributed by atoms with Gasteiger partial charge >= 0.3 is 12.0 Å². The van der Waals surface area contributed by atoms with Crippen molar-refractivity contribution in [2.45, 2.75) is 30.6 Å². The number of fused-ring (bicyclic) bond motifs is 4. The average molecular weight is 426 g/mol. The van der Waals surface area contributed by atoms with E-state index in [1.54, 1.807) is 48.5 Å². The quantitative estimate of drug-likeness (QED) is 0.312. The predicted molar refractivity (Wildman–Crippen MR) is 105 cm³/mol. The zero-order chi connectivity index (χ0) is 21.9. The zero-order valence-electron chi connectivity index (χ0n) is 15.9. The van der Waals surface area contributed by atoms with Crippen molar-refractivity contribution in [3.8, 4) is 0 Å². The van der Waals surface area contributed by atoms with E-state index >= 15 is 0 Å². The number of benzene rings is 2. The number of carboxylic acids is 1. The van der Waals surface area contributed by atoms with Crippen molar-refractivity contribution in [3.05, 3.63) is 59.4 Å². The highest BCUT2D eigenvalue weighted by Gasteiger charge is 2.47. The van der Waals surface area contributed by atoms with Gasteiger partial charge in [-0.3, -0.25) is 4.57 Å². The van der Waals surface area contributed by atoms with E-state index in [1.165, 1.54) is 4.57 Å². The van der Waals surface area contributed by atoms with Crippen LogP contribution < -0.4 is 5.32 Å². The van der Waals surface area contributed by atoms with E-state index < -0.39 is 42.6 Å². The lowest BCUT2D eigenvalue weighted by Gasteiger charge is -2.38. The van der Waals surface area contributed by atoms with Crippen molar-refractivity contribution >= 4 is 33.8 Å². The highest BCUT2D eigenvalue weighted by atomic mass is 16.6. The minimum Gasteiger partial charge on any atom is -0.479 e. The van der Waals surface area contributed by atoms with E-state index in [1.807, 2.05) is 0 Å². The summed E-state index contributed by atoms with van der Waals surface area (Å²) in [5.74, 6) is -1.53. The van der Waals surface area contributed by atoms with Crippen LogP contribution in [-0.4, -0.2) is 67.6 Å². The summed E-state index contributed by atoms with van der Waals surface area (Å²) in [5, 5.41) is 43.2. The first-order valence-electron chi connectivity index (χ1n) is 9.52. The van der Waals surface area contributed by atoms with E-state index in [0.717, 1.165) is 0 Å². The molecule has 1 fully saturated rings. The van der Waals surface area contributed by atoms with Gasteiger partial charge in [-0.2, -0.15) is 0 Å². The van der Waals surface area contributed by atoms with Crippen LogP contribution in [0.25, 0.3) is 21.8 Å². The third kappa shape index (κ3) is 3.04. The molecule has 2 aromatic carbocycles. The lowest BCUT2D eigenvalue weighted by atomic mass is 9.98. The first kappa shape index (κ1) is 19.5. The number of carbonyl (C=O) groups excluding carboxylic acids is 1. The minimum atomic E-state index is -1.85. The molecule has 5 atom stereocenters. The average Bonchev–Trinajstić information content (AvgIpc) is 3.55. The Labute approximate surface area is 173 Å². The number of nitrogens with zero attached hydrogens (tertiary/aromatic N) is 1. The molecule has 5 N–H and O–H groups in total. The molecule has 31 heavy (non-hydrogen) atoms. The van der Waals surface area contributed by atoms with Crippen LogP contribution in [0.4, 0.5) is 4.79 Å². The number of aliphatic hydroxyl groups is 3. The van der Waals surface area contributed by atoms with Crippen molar-refractivity contribution in [1.82, 2.24) is 9.88 Å². The van der Waals surface area contributed by atoms with Crippen LogP contribution in [0.5, 0.6) is 0 Å². The molecule has 0 aromatic heterocycles. The number of carbonyl (C=O) groups is 2. The second kappa shape index (κ2) is 7.06. The Morgan fingerprint density at radius 2 is 1.39 bits per heavy atom. The minimum absolute atomic E-state index is 0.510. The van der Waals surface area contributed by atoms with Crippen LogP contribution in [0.3, 0.4) is 0 Å². The van der Waals surface area contributed by atoms with Crippen molar-refractivity contribution in [3.63, 3.8) is 0 Å². The number of para-hydroxylation sites is 2. The van der Waals surface area contributed by atoms with Gasteiger partial charge in [0, 0.05) is 10.8 Å². The molecular formula is C21H18N2O8. The molecule has 5 rings (SSSR count). The smallest absolute Gasteiger partial charge is 0.335 e. The Balaban J connectivity index is 1.62. The molecule has 160 valence electrons. The molecule has 0 aliphatic carbocycles. The second-order valence-corrected chi connectivity index (χ2v) is 7.37. The van der Waals surface area contributed by atoms with Gasteiger partial charge < -0.3 is 34.9 Å². The summed E-state index contributed by atoms with van der Waals surface area (Å²) in [6.07, 6.45) is -8.80. The molecule has 0 radical (unpaired) electrons.